The first kappa shape index (κ1) is 20.4. The Labute approximate surface area is 180 Å². The fourth-order valence-corrected chi connectivity index (χ4v) is 4.18. The van der Waals surface area contributed by atoms with Crippen LogP contribution in [0.4, 0.5) is 16.2 Å². The van der Waals surface area contributed by atoms with Crippen molar-refractivity contribution in [3.05, 3.63) is 50.8 Å². The first-order chi connectivity index (χ1) is 14.9. The Morgan fingerprint density at radius 1 is 1.29 bits per heavy atom. The molecule has 1 aliphatic rings. The average molecular weight is 438 g/mol. The van der Waals surface area contributed by atoms with Gasteiger partial charge in [0.25, 0.3) is 5.91 Å². The molecule has 1 saturated heterocycles. The summed E-state index contributed by atoms with van der Waals surface area (Å²) < 4.78 is 5.28. The van der Waals surface area contributed by atoms with Gasteiger partial charge in [-0.25, -0.2) is 4.79 Å². The molecule has 1 aliphatic heterocycles. The summed E-state index contributed by atoms with van der Waals surface area (Å²) in [5.74, 6) is 0.0309. The SMILES string of the molecule is Cc1nnc2sc(C(=O)NC3CN(C(=O)Oc4ccc(N=[N+]=[N-])cc4)C3)c(N)c2c1C. The van der Waals surface area contributed by atoms with E-state index >= 15 is 0 Å². The quantitative estimate of drug-likeness (QED) is 0.360. The Bertz CT molecular complexity index is 1230. The van der Waals surface area contributed by atoms with Gasteiger partial charge in [-0.05, 0) is 49.2 Å². The van der Waals surface area contributed by atoms with Crippen molar-refractivity contribution in [1.82, 2.24) is 20.4 Å². The molecule has 3 heterocycles. The molecule has 0 bridgehead atoms. The summed E-state index contributed by atoms with van der Waals surface area (Å²) in [6.45, 7) is 4.39. The molecule has 31 heavy (non-hydrogen) atoms. The fourth-order valence-electron chi connectivity index (χ4n) is 3.18. The summed E-state index contributed by atoms with van der Waals surface area (Å²) in [5.41, 5.74) is 17.1. The van der Waals surface area contributed by atoms with Gasteiger partial charge in [-0.1, -0.05) is 5.11 Å². The number of hydrogen-bond acceptors (Lipinski definition) is 8. The van der Waals surface area contributed by atoms with E-state index in [-0.39, 0.29) is 11.9 Å². The van der Waals surface area contributed by atoms with Gasteiger partial charge in [0.2, 0.25) is 0 Å². The van der Waals surface area contributed by atoms with E-state index in [4.69, 9.17) is 16.0 Å². The van der Waals surface area contributed by atoms with Crippen molar-refractivity contribution in [1.29, 1.82) is 0 Å². The van der Waals surface area contributed by atoms with E-state index in [2.05, 4.69) is 25.5 Å². The molecule has 1 fully saturated rings. The number of azide groups is 1. The number of thiophene rings is 1. The predicted octanol–water partition coefficient (Wildman–Crippen LogP) is 3.45. The minimum atomic E-state index is -0.523. The van der Waals surface area contributed by atoms with Crippen LogP contribution >= 0.6 is 11.3 Å². The zero-order valence-corrected chi connectivity index (χ0v) is 17.5. The van der Waals surface area contributed by atoms with Crippen molar-refractivity contribution in [3.63, 3.8) is 0 Å². The Balaban J connectivity index is 1.34. The molecular weight excluding hydrogens is 420 g/mol. The number of nitrogens with one attached hydrogen (secondary N) is 1. The number of carbonyl (C=O) groups excluding carboxylic acids is 2. The fraction of sp³-hybridized carbons (Fsp3) is 0.263. The first-order valence-corrected chi connectivity index (χ1v) is 10.1. The van der Waals surface area contributed by atoms with Gasteiger partial charge in [0.15, 0.2) is 0 Å². The number of aromatic nitrogens is 2. The molecule has 158 valence electrons. The van der Waals surface area contributed by atoms with Crippen LogP contribution in [0.25, 0.3) is 20.7 Å². The summed E-state index contributed by atoms with van der Waals surface area (Å²) in [6.07, 6.45) is -0.523. The maximum Gasteiger partial charge on any atom is 0.415 e. The number of nitrogens with two attached hydrogens (primary N) is 1. The number of anilines is 1. The molecule has 11 nitrogen and oxygen atoms in total. The minimum Gasteiger partial charge on any atom is -0.410 e. The summed E-state index contributed by atoms with van der Waals surface area (Å²) in [7, 11) is 0. The highest BCUT2D eigenvalue weighted by Crippen LogP contribution is 2.35. The van der Waals surface area contributed by atoms with Crippen LogP contribution in [0.2, 0.25) is 0 Å². The minimum absolute atomic E-state index is 0.203. The summed E-state index contributed by atoms with van der Waals surface area (Å²) in [6, 6.07) is 5.97. The number of aryl methyl sites for hydroxylation is 2. The third-order valence-corrected chi connectivity index (χ3v) is 6.11. The van der Waals surface area contributed by atoms with Gasteiger partial charge in [0, 0.05) is 29.1 Å². The lowest BCUT2D eigenvalue weighted by atomic mass is 10.1. The highest BCUT2D eigenvalue weighted by atomic mass is 32.1. The van der Waals surface area contributed by atoms with Crippen molar-refractivity contribution in [2.75, 3.05) is 18.8 Å². The Morgan fingerprint density at radius 2 is 2.00 bits per heavy atom. The van der Waals surface area contributed by atoms with Gasteiger partial charge in [-0.3, -0.25) is 4.79 Å². The molecule has 1 aromatic carbocycles. The molecule has 0 saturated carbocycles. The van der Waals surface area contributed by atoms with Gasteiger partial charge in [0.1, 0.15) is 15.5 Å². The van der Waals surface area contributed by atoms with E-state index in [1.165, 1.54) is 28.4 Å². The number of benzene rings is 1. The molecular formula is C19H18N8O3S. The molecule has 2 amide bonds. The monoisotopic (exact) mass is 438 g/mol. The second-order valence-electron chi connectivity index (χ2n) is 7.06. The summed E-state index contributed by atoms with van der Waals surface area (Å²) in [5, 5.41) is 15.3. The molecule has 3 N–H and O–H groups in total. The number of rotatable bonds is 4. The Hall–Kier alpha value is -3.89. The maximum atomic E-state index is 12.7. The van der Waals surface area contributed by atoms with Crippen LogP contribution in [-0.2, 0) is 0 Å². The molecule has 12 heteroatoms. The molecule has 0 radical (unpaired) electrons. The van der Waals surface area contributed by atoms with Crippen LogP contribution in [0.15, 0.2) is 29.4 Å². The standard InChI is InChI=1S/C19H18N8O3S/c1-9-10(2)23-25-18-14(9)15(20)16(31-18)17(28)22-12-7-27(8-12)19(29)30-13-5-3-11(4-6-13)24-26-21/h3-6,12H,7-8,20H2,1-2H3,(H,22,28). The Kier molecular flexibility index (Phi) is 5.32. The van der Waals surface area contributed by atoms with Gasteiger partial charge in [-0.2, -0.15) is 5.10 Å². The number of amides is 2. The normalized spacial score (nSPS) is 13.4. The van der Waals surface area contributed by atoms with E-state index in [1.54, 1.807) is 12.1 Å². The van der Waals surface area contributed by atoms with Crippen molar-refractivity contribution >= 4 is 44.9 Å². The van der Waals surface area contributed by atoms with Crippen LogP contribution in [0.1, 0.15) is 20.9 Å². The maximum absolute atomic E-state index is 12.7. The van der Waals surface area contributed by atoms with E-state index in [0.29, 0.717) is 39.9 Å². The number of likely N-dealkylation sites (tertiary alicyclic amines) is 1. The average Bonchev–Trinajstić information content (AvgIpc) is 3.06. The highest BCUT2D eigenvalue weighted by Gasteiger charge is 2.34. The van der Waals surface area contributed by atoms with E-state index in [1.807, 2.05) is 13.8 Å². The van der Waals surface area contributed by atoms with Crippen LogP contribution in [0.5, 0.6) is 5.75 Å². The molecule has 2 aromatic heterocycles. The van der Waals surface area contributed by atoms with Crippen molar-refractivity contribution in [3.8, 4) is 5.75 Å². The lowest BCUT2D eigenvalue weighted by Gasteiger charge is -2.38. The Morgan fingerprint density at radius 3 is 2.68 bits per heavy atom. The summed E-state index contributed by atoms with van der Waals surface area (Å²) in [4.78, 5) is 30.1. The molecule has 0 atom stereocenters. The van der Waals surface area contributed by atoms with Crippen LogP contribution in [0.3, 0.4) is 0 Å². The van der Waals surface area contributed by atoms with Crippen molar-refractivity contribution < 1.29 is 14.3 Å². The third kappa shape index (κ3) is 3.93. The van der Waals surface area contributed by atoms with Crippen LogP contribution in [0, 0.1) is 13.8 Å². The zero-order valence-electron chi connectivity index (χ0n) is 16.7. The largest absolute Gasteiger partial charge is 0.415 e. The number of hydrogen-bond donors (Lipinski definition) is 2. The molecule has 3 aromatic rings. The van der Waals surface area contributed by atoms with Crippen molar-refractivity contribution in [2.24, 2.45) is 5.11 Å². The highest BCUT2D eigenvalue weighted by molar-refractivity contribution is 7.21. The molecule has 0 spiro atoms. The van der Waals surface area contributed by atoms with E-state index in [0.717, 1.165) is 16.6 Å². The molecule has 0 aliphatic carbocycles. The van der Waals surface area contributed by atoms with Gasteiger partial charge < -0.3 is 20.7 Å². The number of nitrogen functional groups attached to an aromatic ring is 1. The van der Waals surface area contributed by atoms with Gasteiger partial charge >= 0.3 is 6.09 Å². The topological polar surface area (TPSA) is 159 Å². The zero-order chi connectivity index (χ0) is 22.1. The molecule has 4 rings (SSSR count). The van der Waals surface area contributed by atoms with E-state index in [9.17, 15) is 9.59 Å². The summed E-state index contributed by atoms with van der Waals surface area (Å²) >= 11 is 1.20. The number of nitrogens with zero attached hydrogens (tertiary/aromatic N) is 6. The lowest BCUT2D eigenvalue weighted by molar-refractivity contribution is 0.0792. The van der Waals surface area contributed by atoms with E-state index < -0.39 is 6.09 Å². The van der Waals surface area contributed by atoms with Gasteiger partial charge in [-0.15, -0.1) is 16.4 Å². The molecule has 0 unspecified atom stereocenters. The second-order valence-corrected chi connectivity index (χ2v) is 8.06. The second kappa shape index (κ2) is 8.09. The number of ether oxygens (including phenoxy) is 1. The van der Waals surface area contributed by atoms with Crippen LogP contribution in [-0.4, -0.2) is 46.2 Å². The van der Waals surface area contributed by atoms with Crippen LogP contribution < -0.4 is 15.8 Å². The third-order valence-electron chi connectivity index (χ3n) is 5.02. The predicted molar refractivity (Wildman–Crippen MR) is 115 cm³/mol. The lowest BCUT2D eigenvalue weighted by Crippen LogP contribution is -2.61. The number of carbonyl (C=O) groups is 2. The smallest absolute Gasteiger partial charge is 0.410 e. The van der Waals surface area contributed by atoms with Crippen molar-refractivity contribution in [2.45, 2.75) is 19.9 Å². The van der Waals surface area contributed by atoms with Gasteiger partial charge in [0.05, 0.1) is 17.4 Å². The number of fused-ring (bicyclic) bond motifs is 1. The first-order valence-electron chi connectivity index (χ1n) is 9.32.